The van der Waals surface area contributed by atoms with Gasteiger partial charge >= 0.3 is 0 Å². The van der Waals surface area contributed by atoms with Gasteiger partial charge in [0.05, 0.1) is 0 Å². The van der Waals surface area contributed by atoms with E-state index in [0.717, 1.165) is 6.04 Å². The van der Waals surface area contributed by atoms with Gasteiger partial charge in [0.25, 0.3) is 0 Å². The van der Waals surface area contributed by atoms with Crippen molar-refractivity contribution in [3.05, 3.63) is 29.8 Å². The summed E-state index contributed by atoms with van der Waals surface area (Å²) in [6.07, 6.45) is 6.79. The molecule has 0 N–H and O–H groups in total. The molecule has 1 radical (unpaired) electrons. The molecule has 3 aliphatic heterocycles. The smallest absolute Gasteiger partial charge is 0.0401 e. The summed E-state index contributed by atoms with van der Waals surface area (Å²) in [5.74, 6) is 0. The first-order chi connectivity index (χ1) is 12.7. The molecule has 2 saturated heterocycles. The predicted octanol–water partition coefficient (Wildman–Crippen LogP) is 4.37. The van der Waals surface area contributed by atoms with E-state index in [1.54, 1.807) is 5.56 Å². The molecule has 0 amide bonds. The Hall–Kier alpha value is -0.476. The van der Waals surface area contributed by atoms with Crippen molar-refractivity contribution < 1.29 is 18.6 Å². The molecule has 0 unspecified atom stereocenters. The fourth-order valence-electron chi connectivity index (χ4n) is 5.33. The zero-order chi connectivity index (χ0) is 18.6. The number of hydrogen-bond acceptors (Lipinski definition) is 3. The quantitative estimate of drug-likeness (QED) is 0.720. The number of fused-ring (bicyclic) bond motifs is 2. The molecule has 4 rings (SSSR count). The van der Waals surface area contributed by atoms with Crippen LogP contribution in [0.3, 0.4) is 0 Å². The summed E-state index contributed by atoms with van der Waals surface area (Å²) < 4.78 is 0. The van der Waals surface area contributed by atoms with Crippen LogP contribution in [0.25, 0.3) is 0 Å². The molecule has 3 nitrogen and oxygen atoms in total. The first-order valence-electron chi connectivity index (χ1n) is 11.0. The summed E-state index contributed by atoms with van der Waals surface area (Å²) in [5, 5.41) is 0. The van der Waals surface area contributed by atoms with Crippen molar-refractivity contribution in [1.29, 1.82) is 0 Å². The van der Waals surface area contributed by atoms with Crippen molar-refractivity contribution in [2.75, 3.05) is 51.2 Å². The van der Waals surface area contributed by atoms with Gasteiger partial charge in [0, 0.05) is 49.3 Å². The molecule has 151 valence electrons. The Morgan fingerprint density at radius 3 is 2.15 bits per heavy atom. The first-order valence-corrected chi connectivity index (χ1v) is 11.0. The summed E-state index contributed by atoms with van der Waals surface area (Å²) in [4.78, 5) is 7.88. The monoisotopic (exact) mass is 408 g/mol. The number of para-hydroxylation sites is 1. The van der Waals surface area contributed by atoms with Crippen molar-refractivity contribution >= 4 is 5.69 Å². The van der Waals surface area contributed by atoms with E-state index < -0.39 is 0 Å². The Bertz CT molecular complexity index is 560. The van der Waals surface area contributed by atoms with Crippen LogP contribution in [0.15, 0.2) is 24.3 Å². The van der Waals surface area contributed by atoms with Crippen LogP contribution in [-0.4, -0.2) is 62.2 Å². The number of piperidine rings is 2. The van der Waals surface area contributed by atoms with E-state index in [2.05, 4.69) is 52.9 Å². The molecule has 0 aromatic heterocycles. The molecule has 3 heterocycles. The minimum atomic E-state index is 0. The second kappa shape index (κ2) is 10.3. The van der Waals surface area contributed by atoms with Gasteiger partial charge in [-0.25, -0.2) is 0 Å². The van der Waals surface area contributed by atoms with Gasteiger partial charge in [0.15, 0.2) is 0 Å². The van der Waals surface area contributed by atoms with E-state index in [4.69, 9.17) is 0 Å². The summed E-state index contributed by atoms with van der Waals surface area (Å²) in [5.41, 5.74) is 3.55. The van der Waals surface area contributed by atoms with E-state index >= 15 is 0 Å². The molecular formula is C23H39N3V. The predicted molar refractivity (Wildman–Crippen MR) is 113 cm³/mol. The summed E-state index contributed by atoms with van der Waals surface area (Å²) in [7, 11) is 2.25. The Labute approximate surface area is 179 Å². The van der Waals surface area contributed by atoms with Crippen LogP contribution in [0.1, 0.15) is 58.4 Å². The first kappa shape index (κ1) is 22.8. The zero-order valence-electron chi connectivity index (χ0n) is 18.0. The van der Waals surface area contributed by atoms with Crippen LogP contribution >= 0.6 is 0 Å². The van der Waals surface area contributed by atoms with E-state index in [1.807, 2.05) is 13.8 Å². The number of benzene rings is 1. The summed E-state index contributed by atoms with van der Waals surface area (Å²) >= 11 is 0. The number of hydrogen-bond donors (Lipinski definition) is 0. The van der Waals surface area contributed by atoms with Crippen LogP contribution in [0, 0.1) is 0 Å². The number of nitrogens with zero attached hydrogens (tertiary/aromatic N) is 3. The van der Waals surface area contributed by atoms with Gasteiger partial charge < -0.3 is 14.7 Å². The molecule has 27 heavy (non-hydrogen) atoms. The van der Waals surface area contributed by atoms with Gasteiger partial charge in [0.1, 0.15) is 0 Å². The molecule has 2 fully saturated rings. The molecular weight excluding hydrogens is 369 g/mol. The molecule has 3 aliphatic rings. The van der Waals surface area contributed by atoms with Gasteiger partial charge in [-0.1, -0.05) is 39.0 Å². The summed E-state index contributed by atoms with van der Waals surface area (Å²) in [6.45, 7) is 13.9. The molecule has 0 bridgehead atoms. The fourth-order valence-corrected chi connectivity index (χ4v) is 5.33. The maximum Gasteiger partial charge on any atom is 0.0401 e. The van der Waals surface area contributed by atoms with Gasteiger partial charge in [0.2, 0.25) is 0 Å². The van der Waals surface area contributed by atoms with Crippen LogP contribution in [0.2, 0.25) is 0 Å². The number of likely N-dealkylation sites (tertiary alicyclic amines) is 2. The molecule has 0 atom stereocenters. The number of rotatable bonds is 2. The second-order valence-corrected chi connectivity index (χ2v) is 8.17. The zero-order valence-corrected chi connectivity index (χ0v) is 19.4. The van der Waals surface area contributed by atoms with Crippen molar-refractivity contribution in [3.63, 3.8) is 0 Å². The van der Waals surface area contributed by atoms with Crippen molar-refractivity contribution in [1.82, 2.24) is 9.80 Å². The van der Waals surface area contributed by atoms with E-state index in [-0.39, 0.29) is 18.6 Å². The SMILES string of the molecule is CC.CCN1CCC(N2CCC3(CCN(C)c4ccccc43)CC2)CC1.[V]. The van der Waals surface area contributed by atoms with Crippen LogP contribution in [0.4, 0.5) is 5.69 Å². The van der Waals surface area contributed by atoms with Gasteiger partial charge in [-0.05, 0) is 76.5 Å². The minimum absolute atomic E-state index is 0. The molecule has 0 saturated carbocycles. The average molecular weight is 409 g/mol. The molecule has 0 aliphatic carbocycles. The molecule has 1 aromatic rings. The summed E-state index contributed by atoms with van der Waals surface area (Å²) in [6, 6.07) is 10.0. The standard InChI is InChI=1S/C21H33N3.C2H6.V/c1-3-23-13-8-18(9-14-23)24-16-11-21(12-17-24)10-15-22(2)20-7-5-4-6-19(20)21;1-2;/h4-7,18H,3,8-17H2,1-2H3;1-2H3;. The van der Waals surface area contributed by atoms with E-state index in [0.29, 0.717) is 5.41 Å². The third kappa shape index (κ3) is 4.75. The Morgan fingerprint density at radius 2 is 1.52 bits per heavy atom. The Morgan fingerprint density at radius 1 is 0.926 bits per heavy atom. The van der Waals surface area contributed by atoms with Crippen LogP contribution in [-0.2, 0) is 24.0 Å². The van der Waals surface area contributed by atoms with Gasteiger partial charge in [-0.15, -0.1) is 0 Å². The maximum atomic E-state index is 2.82. The normalized spacial score (nSPS) is 23.2. The Balaban J connectivity index is 0.000000844. The van der Waals surface area contributed by atoms with E-state index in [1.165, 1.54) is 77.1 Å². The topological polar surface area (TPSA) is 9.72 Å². The van der Waals surface area contributed by atoms with Crippen LogP contribution < -0.4 is 4.90 Å². The molecule has 4 heteroatoms. The van der Waals surface area contributed by atoms with E-state index in [9.17, 15) is 0 Å². The maximum absolute atomic E-state index is 2.82. The molecule has 1 spiro atoms. The largest absolute Gasteiger partial charge is 0.374 e. The third-order valence-electron chi connectivity index (χ3n) is 7.09. The van der Waals surface area contributed by atoms with Crippen LogP contribution in [0.5, 0.6) is 0 Å². The van der Waals surface area contributed by atoms with Crippen molar-refractivity contribution in [2.24, 2.45) is 0 Å². The van der Waals surface area contributed by atoms with Gasteiger partial charge in [-0.2, -0.15) is 0 Å². The van der Waals surface area contributed by atoms with Crippen molar-refractivity contribution in [2.45, 2.75) is 64.3 Å². The third-order valence-corrected chi connectivity index (χ3v) is 7.09. The van der Waals surface area contributed by atoms with Crippen molar-refractivity contribution in [3.8, 4) is 0 Å². The van der Waals surface area contributed by atoms with Gasteiger partial charge in [-0.3, -0.25) is 0 Å². The average Bonchev–Trinajstić information content (AvgIpc) is 2.73. The second-order valence-electron chi connectivity index (χ2n) is 8.17. The molecule has 1 aromatic carbocycles. The number of anilines is 1. The fraction of sp³-hybridized carbons (Fsp3) is 0.739. The Kier molecular flexibility index (Phi) is 8.74. The minimum Gasteiger partial charge on any atom is -0.374 e.